The Bertz CT molecular complexity index is 679. The van der Waals surface area contributed by atoms with Crippen molar-refractivity contribution < 1.29 is 32.3 Å². The first-order valence-corrected chi connectivity index (χ1v) is 10.8. The van der Waals surface area contributed by atoms with Gasteiger partial charge in [0, 0.05) is 29.8 Å². The number of ether oxygens (including phenoxy) is 3. The molecule has 0 spiro atoms. The Balaban J connectivity index is 2.31. The second kappa shape index (κ2) is 10.6. The van der Waals surface area contributed by atoms with E-state index in [4.69, 9.17) is 14.2 Å². The van der Waals surface area contributed by atoms with E-state index in [9.17, 15) is 18.1 Å². The molecule has 1 aliphatic heterocycles. The molecule has 2 rings (SSSR count). The third kappa shape index (κ3) is 6.80. The summed E-state index contributed by atoms with van der Waals surface area (Å²) in [6, 6.07) is 2.45. The molecule has 1 saturated heterocycles. The van der Waals surface area contributed by atoms with Crippen molar-refractivity contribution >= 4 is 17.3 Å². The van der Waals surface area contributed by atoms with Crippen LogP contribution in [0.5, 0.6) is 5.75 Å². The summed E-state index contributed by atoms with van der Waals surface area (Å²) in [6.07, 6.45) is -0.953. The lowest BCUT2D eigenvalue weighted by atomic mass is 10.0. The van der Waals surface area contributed by atoms with Gasteiger partial charge >= 0.3 is 5.97 Å². The van der Waals surface area contributed by atoms with E-state index in [0.717, 1.165) is 6.07 Å². The molecule has 0 bridgehead atoms. The van der Waals surface area contributed by atoms with Crippen molar-refractivity contribution in [3.8, 4) is 5.75 Å². The standard InChI is InChI=1S/C20H29F2NO5S/c1-5-27-19(24)17(22)18(23-29(25)20(2,3)4)15-12-14(6-7-16(15)21)28-13-8-10-26-11-9-13/h6-7,12-13,17-18,23H,5,8-11H2,1-4H3/t17-,18+,29?/m1/s1. The fourth-order valence-electron chi connectivity index (χ4n) is 2.75. The molecule has 1 aromatic carbocycles. The molecule has 3 atom stereocenters. The Morgan fingerprint density at radius 3 is 2.62 bits per heavy atom. The summed E-state index contributed by atoms with van der Waals surface area (Å²) in [5.74, 6) is -1.54. The summed E-state index contributed by atoms with van der Waals surface area (Å²) >= 11 is -1.75. The maximum Gasteiger partial charge on any atom is 0.342 e. The molecule has 1 aliphatic rings. The van der Waals surface area contributed by atoms with Crippen molar-refractivity contribution in [2.45, 2.75) is 63.6 Å². The first kappa shape index (κ1) is 23.9. The van der Waals surface area contributed by atoms with Crippen molar-refractivity contribution in [2.24, 2.45) is 0 Å². The fourth-order valence-corrected chi connectivity index (χ4v) is 3.58. The van der Waals surface area contributed by atoms with Gasteiger partial charge in [-0.05, 0) is 45.9 Å². The topological polar surface area (TPSA) is 79.9 Å². The number of halogens is 2. The number of benzene rings is 1. The summed E-state index contributed by atoms with van der Waals surface area (Å²) in [5.41, 5.74) is -0.146. The monoisotopic (exact) mass is 433 g/mol. The average molecular weight is 434 g/mol. The average Bonchev–Trinajstić information content (AvgIpc) is 2.67. The van der Waals surface area contributed by atoms with E-state index in [2.05, 4.69) is 4.72 Å². The minimum atomic E-state index is -2.24. The molecule has 1 N–H and O–H groups in total. The number of esters is 1. The zero-order valence-electron chi connectivity index (χ0n) is 17.2. The smallest absolute Gasteiger partial charge is 0.342 e. The van der Waals surface area contributed by atoms with Gasteiger partial charge in [-0.1, -0.05) is 0 Å². The Morgan fingerprint density at radius 1 is 1.38 bits per heavy atom. The van der Waals surface area contributed by atoms with Crippen LogP contribution < -0.4 is 9.46 Å². The van der Waals surface area contributed by atoms with Gasteiger partial charge in [-0.15, -0.1) is 4.72 Å². The molecule has 29 heavy (non-hydrogen) atoms. The SMILES string of the molecule is CCOC(=O)[C@H](F)[C@@H](N[S+]([O-])C(C)(C)C)c1cc(OC2CCOCC2)ccc1F. The minimum Gasteiger partial charge on any atom is -0.598 e. The third-order valence-electron chi connectivity index (χ3n) is 4.37. The molecule has 1 aromatic rings. The van der Waals surface area contributed by atoms with Crippen LogP contribution in [0.15, 0.2) is 18.2 Å². The summed E-state index contributed by atoms with van der Waals surface area (Å²) in [5, 5.41) is 0. The van der Waals surface area contributed by atoms with Gasteiger partial charge in [0.05, 0.1) is 19.8 Å². The number of hydrogen-bond donors (Lipinski definition) is 1. The van der Waals surface area contributed by atoms with Crippen LogP contribution in [0.4, 0.5) is 8.78 Å². The first-order chi connectivity index (χ1) is 13.6. The van der Waals surface area contributed by atoms with Gasteiger partial charge in [0.2, 0.25) is 6.17 Å². The number of rotatable bonds is 8. The lowest BCUT2D eigenvalue weighted by Crippen LogP contribution is -2.46. The van der Waals surface area contributed by atoms with Crippen LogP contribution in [0.25, 0.3) is 0 Å². The molecule has 0 aliphatic carbocycles. The maximum atomic E-state index is 15.0. The highest BCUT2D eigenvalue weighted by Gasteiger charge is 2.39. The van der Waals surface area contributed by atoms with Crippen LogP contribution in [0.3, 0.4) is 0 Å². The van der Waals surface area contributed by atoms with Gasteiger partial charge in [-0.2, -0.15) is 0 Å². The predicted octanol–water partition coefficient (Wildman–Crippen LogP) is 3.38. The Labute approximate surface area is 173 Å². The van der Waals surface area contributed by atoms with E-state index in [1.165, 1.54) is 12.1 Å². The Morgan fingerprint density at radius 2 is 2.03 bits per heavy atom. The normalized spacial score (nSPS) is 18.7. The lowest BCUT2D eigenvalue weighted by molar-refractivity contribution is -0.150. The highest BCUT2D eigenvalue weighted by molar-refractivity contribution is 7.90. The van der Waals surface area contributed by atoms with E-state index in [-0.39, 0.29) is 18.3 Å². The van der Waals surface area contributed by atoms with E-state index >= 15 is 0 Å². The predicted molar refractivity (Wildman–Crippen MR) is 106 cm³/mol. The van der Waals surface area contributed by atoms with Crippen LogP contribution in [0, 0.1) is 5.82 Å². The van der Waals surface area contributed by atoms with Crippen molar-refractivity contribution in [2.75, 3.05) is 19.8 Å². The van der Waals surface area contributed by atoms with Gasteiger partial charge in [-0.25, -0.2) is 13.6 Å². The van der Waals surface area contributed by atoms with Crippen LogP contribution in [0.2, 0.25) is 0 Å². The quantitative estimate of drug-likeness (QED) is 0.500. The number of nitrogens with one attached hydrogen (secondary N) is 1. The molecular formula is C20H29F2NO5S. The molecular weight excluding hydrogens is 404 g/mol. The molecule has 1 fully saturated rings. The van der Waals surface area contributed by atoms with Crippen LogP contribution in [-0.2, 0) is 25.6 Å². The summed E-state index contributed by atoms with van der Waals surface area (Å²) in [4.78, 5) is 12.0. The molecule has 0 aromatic heterocycles. The molecule has 164 valence electrons. The van der Waals surface area contributed by atoms with Gasteiger partial charge in [0.15, 0.2) is 0 Å². The second-order valence-electron chi connectivity index (χ2n) is 7.74. The maximum absolute atomic E-state index is 15.0. The second-order valence-corrected chi connectivity index (χ2v) is 9.74. The molecule has 0 amide bonds. The lowest BCUT2D eigenvalue weighted by Gasteiger charge is -2.29. The van der Waals surface area contributed by atoms with Crippen LogP contribution in [-0.4, -0.2) is 47.4 Å². The van der Waals surface area contributed by atoms with Crippen molar-refractivity contribution in [3.05, 3.63) is 29.6 Å². The highest BCUT2D eigenvalue weighted by Crippen LogP contribution is 2.30. The fraction of sp³-hybridized carbons (Fsp3) is 0.650. The van der Waals surface area contributed by atoms with Gasteiger partial charge < -0.3 is 18.8 Å². The van der Waals surface area contributed by atoms with Crippen molar-refractivity contribution in [1.82, 2.24) is 4.72 Å². The molecule has 9 heteroatoms. The van der Waals surface area contributed by atoms with E-state index in [1.54, 1.807) is 27.7 Å². The van der Waals surface area contributed by atoms with Gasteiger partial charge in [0.1, 0.15) is 28.5 Å². The molecule has 1 unspecified atom stereocenters. The van der Waals surface area contributed by atoms with Gasteiger partial charge in [0.25, 0.3) is 0 Å². The number of alkyl halides is 1. The largest absolute Gasteiger partial charge is 0.598 e. The minimum absolute atomic E-state index is 0.0241. The number of carbonyl (C=O) groups excluding carboxylic acids is 1. The van der Waals surface area contributed by atoms with Crippen LogP contribution >= 0.6 is 0 Å². The van der Waals surface area contributed by atoms with Gasteiger partial charge in [-0.3, -0.25) is 0 Å². The molecule has 6 nitrogen and oxygen atoms in total. The first-order valence-electron chi connectivity index (χ1n) is 9.66. The Hall–Kier alpha value is -1.42. The molecule has 0 radical (unpaired) electrons. The zero-order valence-corrected chi connectivity index (χ0v) is 18.0. The molecule has 0 saturated carbocycles. The van der Waals surface area contributed by atoms with E-state index < -0.39 is 40.1 Å². The zero-order chi connectivity index (χ0) is 21.6. The highest BCUT2D eigenvalue weighted by atomic mass is 32.2. The van der Waals surface area contributed by atoms with E-state index in [1.807, 2.05) is 0 Å². The third-order valence-corrected chi connectivity index (χ3v) is 5.95. The van der Waals surface area contributed by atoms with Crippen molar-refractivity contribution in [3.63, 3.8) is 0 Å². The Kier molecular flexibility index (Phi) is 8.69. The summed E-state index contributed by atoms with van der Waals surface area (Å²) in [7, 11) is 0. The van der Waals surface area contributed by atoms with Crippen molar-refractivity contribution in [1.29, 1.82) is 0 Å². The summed E-state index contributed by atoms with van der Waals surface area (Å²) < 4.78 is 59.9. The van der Waals surface area contributed by atoms with Crippen LogP contribution in [0.1, 0.15) is 52.1 Å². The number of hydrogen-bond acceptors (Lipinski definition) is 6. The summed E-state index contributed by atoms with van der Waals surface area (Å²) in [6.45, 7) is 7.72. The number of carbonyl (C=O) groups is 1. The van der Waals surface area contributed by atoms with E-state index in [0.29, 0.717) is 31.8 Å². The molecule has 1 heterocycles.